The highest BCUT2D eigenvalue weighted by atomic mass is 35.5. The van der Waals surface area contributed by atoms with Crippen LogP contribution in [0.2, 0.25) is 5.02 Å². The largest absolute Gasteiger partial charge is 0.507 e. The van der Waals surface area contributed by atoms with Gasteiger partial charge in [0.25, 0.3) is 0 Å². The highest BCUT2D eigenvalue weighted by Crippen LogP contribution is 2.38. The lowest BCUT2D eigenvalue weighted by Gasteiger charge is -2.27. The molecule has 0 radical (unpaired) electrons. The van der Waals surface area contributed by atoms with Gasteiger partial charge in [0.2, 0.25) is 0 Å². The molecule has 0 bridgehead atoms. The molecule has 1 unspecified atom stereocenters. The van der Waals surface area contributed by atoms with Crippen LogP contribution in [-0.2, 0) is 17.8 Å². The van der Waals surface area contributed by atoms with E-state index in [2.05, 4.69) is 54.6 Å². The number of aliphatic hydroxyl groups excluding tert-OH is 1. The van der Waals surface area contributed by atoms with Crippen LogP contribution < -0.4 is 5.32 Å². The Balaban J connectivity index is 1.68. The first-order valence-electron chi connectivity index (χ1n) is 10.2. The second-order valence-corrected chi connectivity index (χ2v) is 8.58. The molecule has 0 aliphatic carbocycles. The van der Waals surface area contributed by atoms with Gasteiger partial charge in [-0.15, -0.1) is 0 Å². The summed E-state index contributed by atoms with van der Waals surface area (Å²) in [6.07, 6.45) is 1.58. The van der Waals surface area contributed by atoms with Crippen molar-refractivity contribution < 1.29 is 9.90 Å². The van der Waals surface area contributed by atoms with Crippen LogP contribution in [0.3, 0.4) is 0 Å². The van der Waals surface area contributed by atoms with Gasteiger partial charge in [-0.05, 0) is 61.0 Å². The molecule has 0 aromatic heterocycles. The Morgan fingerprint density at radius 2 is 1.71 bits per heavy atom. The summed E-state index contributed by atoms with van der Waals surface area (Å²) in [7, 11) is 4.12. The van der Waals surface area contributed by atoms with E-state index in [1.54, 1.807) is 18.2 Å². The monoisotopic (exact) mass is 432 g/mol. The predicted molar refractivity (Wildman–Crippen MR) is 127 cm³/mol. The number of fused-ring (bicyclic) bond motifs is 1. The maximum Gasteiger partial charge on any atom is 0.146 e. The Labute approximate surface area is 187 Å². The molecule has 3 aromatic rings. The van der Waals surface area contributed by atoms with Crippen LogP contribution >= 0.6 is 11.6 Å². The molecule has 3 aromatic carbocycles. The zero-order valence-corrected chi connectivity index (χ0v) is 18.4. The number of hydrogen-bond donors (Lipinski definition) is 2. The lowest BCUT2D eigenvalue weighted by atomic mass is 9.89. The average molecular weight is 433 g/mol. The molecule has 0 amide bonds. The molecule has 1 aliphatic heterocycles. The highest BCUT2D eigenvalue weighted by molar-refractivity contribution is 6.31. The standard InChI is InChI=1S/C26H25ClN2O2/c1-29(2)15-19-7-3-5-17(12-19)11-18-6-4-8-20(13-18)25-24(16-30)28-23-14-21(27)9-10-22(23)26(25)31/h3-10,12-14,16,24,28,31H,11,15H2,1-2H3. The topological polar surface area (TPSA) is 52.6 Å². The van der Waals surface area contributed by atoms with Crippen LogP contribution in [0.1, 0.15) is 27.8 Å². The fourth-order valence-corrected chi connectivity index (χ4v) is 4.25. The molecular formula is C26H25ClN2O2. The Hall–Kier alpha value is -3.08. The van der Waals surface area contributed by atoms with Crippen molar-refractivity contribution in [2.45, 2.75) is 19.0 Å². The number of halogens is 1. The zero-order chi connectivity index (χ0) is 22.0. The molecule has 4 rings (SSSR count). The number of rotatable bonds is 6. The van der Waals surface area contributed by atoms with Crippen LogP contribution in [-0.4, -0.2) is 36.4 Å². The number of aliphatic hydroxyl groups is 1. The van der Waals surface area contributed by atoms with Crippen LogP contribution in [0.4, 0.5) is 5.69 Å². The molecule has 2 N–H and O–H groups in total. The molecule has 5 heteroatoms. The van der Waals surface area contributed by atoms with Crippen molar-refractivity contribution >= 4 is 34.9 Å². The van der Waals surface area contributed by atoms with Crippen molar-refractivity contribution in [1.82, 2.24) is 4.90 Å². The molecular weight excluding hydrogens is 408 g/mol. The van der Waals surface area contributed by atoms with E-state index in [0.29, 0.717) is 21.8 Å². The third kappa shape index (κ3) is 4.66. The summed E-state index contributed by atoms with van der Waals surface area (Å²) in [4.78, 5) is 14.0. The SMILES string of the molecule is CN(C)Cc1cccc(Cc2cccc(C3=C(O)c4ccc(Cl)cc4NC3C=O)c2)c1. The van der Waals surface area contributed by atoms with E-state index in [0.717, 1.165) is 30.4 Å². The Kier molecular flexibility index (Phi) is 6.12. The number of anilines is 1. The van der Waals surface area contributed by atoms with E-state index < -0.39 is 6.04 Å². The molecule has 0 spiro atoms. The summed E-state index contributed by atoms with van der Waals surface area (Å²) in [6, 6.07) is 21.1. The number of nitrogens with one attached hydrogen (secondary N) is 1. The lowest BCUT2D eigenvalue weighted by molar-refractivity contribution is -0.107. The van der Waals surface area contributed by atoms with Crippen molar-refractivity contribution in [3.05, 3.63) is 99.6 Å². The molecule has 158 valence electrons. The van der Waals surface area contributed by atoms with Gasteiger partial charge in [0.1, 0.15) is 18.1 Å². The van der Waals surface area contributed by atoms with E-state index in [4.69, 9.17) is 11.6 Å². The Morgan fingerprint density at radius 3 is 2.45 bits per heavy atom. The van der Waals surface area contributed by atoms with Gasteiger partial charge < -0.3 is 20.1 Å². The maximum absolute atomic E-state index is 11.8. The van der Waals surface area contributed by atoms with E-state index in [9.17, 15) is 9.90 Å². The maximum atomic E-state index is 11.8. The summed E-state index contributed by atoms with van der Waals surface area (Å²) in [5.74, 6) is 0.104. The number of benzene rings is 3. The van der Waals surface area contributed by atoms with Crippen molar-refractivity contribution in [3.63, 3.8) is 0 Å². The summed E-state index contributed by atoms with van der Waals surface area (Å²) in [5.41, 5.74) is 6.30. The van der Waals surface area contributed by atoms with Gasteiger partial charge in [-0.1, -0.05) is 60.1 Å². The smallest absolute Gasteiger partial charge is 0.146 e. The third-order valence-corrected chi connectivity index (χ3v) is 5.62. The molecule has 1 aliphatic rings. The van der Waals surface area contributed by atoms with Gasteiger partial charge in [0.05, 0.1) is 0 Å². The molecule has 1 heterocycles. The first-order chi connectivity index (χ1) is 14.9. The minimum absolute atomic E-state index is 0.104. The van der Waals surface area contributed by atoms with Gasteiger partial charge >= 0.3 is 0 Å². The molecule has 31 heavy (non-hydrogen) atoms. The lowest BCUT2D eigenvalue weighted by Crippen LogP contribution is -2.28. The van der Waals surface area contributed by atoms with E-state index in [1.165, 1.54) is 11.1 Å². The summed E-state index contributed by atoms with van der Waals surface area (Å²) >= 11 is 6.08. The molecule has 0 fully saturated rings. The minimum Gasteiger partial charge on any atom is -0.507 e. The van der Waals surface area contributed by atoms with Crippen molar-refractivity contribution in [3.8, 4) is 0 Å². The second kappa shape index (κ2) is 8.96. The van der Waals surface area contributed by atoms with Crippen LogP contribution in [0.15, 0.2) is 66.7 Å². The normalized spacial score (nSPS) is 15.5. The number of aldehydes is 1. The fraction of sp³-hybridized carbons (Fsp3) is 0.192. The first kappa shape index (κ1) is 21.2. The quantitative estimate of drug-likeness (QED) is 0.511. The molecule has 0 saturated heterocycles. The van der Waals surface area contributed by atoms with E-state index in [1.807, 2.05) is 18.2 Å². The van der Waals surface area contributed by atoms with Crippen molar-refractivity contribution in [2.75, 3.05) is 19.4 Å². The second-order valence-electron chi connectivity index (χ2n) is 8.15. The minimum atomic E-state index is -0.648. The third-order valence-electron chi connectivity index (χ3n) is 5.39. The summed E-state index contributed by atoms with van der Waals surface area (Å²) in [6.45, 7) is 0.894. The van der Waals surface area contributed by atoms with Gasteiger partial charge in [0.15, 0.2) is 0 Å². The van der Waals surface area contributed by atoms with Crippen LogP contribution in [0.5, 0.6) is 0 Å². The van der Waals surface area contributed by atoms with Crippen molar-refractivity contribution in [1.29, 1.82) is 0 Å². The van der Waals surface area contributed by atoms with Gasteiger partial charge in [-0.3, -0.25) is 0 Å². The van der Waals surface area contributed by atoms with Crippen LogP contribution in [0, 0.1) is 0 Å². The zero-order valence-electron chi connectivity index (χ0n) is 17.6. The molecule has 1 atom stereocenters. The predicted octanol–water partition coefficient (Wildman–Crippen LogP) is 5.41. The van der Waals surface area contributed by atoms with E-state index >= 15 is 0 Å². The number of hydrogen-bond acceptors (Lipinski definition) is 4. The van der Waals surface area contributed by atoms with Crippen LogP contribution in [0.25, 0.3) is 11.3 Å². The molecule has 0 saturated carbocycles. The first-order valence-corrected chi connectivity index (χ1v) is 10.6. The number of carbonyl (C=O) groups is 1. The van der Waals surface area contributed by atoms with Gasteiger partial charge in [-0.2, -0.15) is 0 Å². The Morgan fingerprint density at radius 1 is 1.00 bits per heavy atom. The van der Waals surface area contributed by atoms with Gasteiger partial charge in [-0.25, -0.2) is 0 Å². The average Bonchev–Trinajstić information content (AvgIpc) is 2.73. The molecule has 4 nitrogen and oxygen atoms in total. The highest BCUT2D eigenvalue weighted by Gasteiger charge is 2.28. The van der Waals surface area contributed by atoms with Crippen molar-refractivity contribution in [2.24, 2.45) is 0 Å². The number of nitrogens with zero attached hydrogens (tertiary/aromatic N) is 1. The fourth-order valence-electron chi connectivity index (χ4n) is 4.08. The number of carbonyl (C=O) groups excluding carboxylic acids is 1. The summed E-state index contributed by atoms with van der Waals surface area (Å²) in [5, 5.41) is 14.7. The van der Waals surface area contributed by atoms with Gasteiger partial charge in [0, 0.05) is 28.4 Å². The summed E-state index contributed by atoms with van der Waals surface area (Å²) < 4.78 is 0. The Bertz CT molecular complexity index is 1150. The van der Waals surface area contributed by atoms with E-state index in [-0.39, 0.29) is 5.76 Å².